The summed E-state index contributed by atoms with van der Waals surface area (Å²) < 4.78 is 10.9. The van der Waals surface area contributed by atoms with Crippen LogP contribution >= 0.6 is 0 Å². The highest BCUT2D eigenvalue weighted by atomic mass is 16.5. The predicted molar refractivity (Wildman–Crippen MR) is 105 cm³/mol. The van der Waals surface area contributed by atoms with Crippen LogP contribution in [-0.4, -0.2) is 116 Å². The second kappa shape index (κ2) is 9.84. The minimum atomic E-state index is -0.727. The van der Waals surface area contributed by atoms with Crippen LogP contribution in [0, 0.1) is 0 Å². The van der Waals surface area contributed by atoms with Gasteiger partial charge in [0.15, 0.2) is 0 Å². The average molecular weight is 412 g/mol. The Balaban J connectivity index is 1.85. The van der Waals surface area contributed by atoms with Gasteiger partial charge in [0.25, 0.3) is 0 Å². The van der Waals surface area contributed by atoms with Gasteiger partial charge in [-0.3, -0.25) is 19.3 Å². The molecule has 3 aliphatic rings. The second-order valence-corrected chi connectivity index (χ2v) is 8.08. The van der Waals surface area contributed by atoms with E-state index in [0.29, 0.717) is 52.4 Å². The molecule has 0 spiro atoms. The fraction of sp³-hybridized carbons (Fsp3) is 0.842. The van der Waals surface area contributed by atoms with Crippen LogP contribution < -0.4 is 11.1 Å². The molecule has 3 saturated heterocycles. The summed E-state index contributed by atoms with van der Waals surface area (Å²) in [5, 5.41) is 2.81. The lowest BCUT2D eigenvalue weighted by atomic mass is 10.1. The van der Waals surface area contributed by atoms with Gasteiger partial charge in [0, 0.05) is 44.8 Å². The molecule has 3 rings (SSSR count). The third-order valence-corrected chi connectivity index (χ3v) is 5.89. The molecular weight excluding hydrogens is 378 g/mol. The number of amides is 3. The SMILES string of the molecule is CC(C)N1CCN2C(=O)COCCOCCNC(=O)[C@@H]3[C@H](N)CCN3C(=O)[C@@H]2C1. The van der Waals surface area contributed by atoms with Gasteiger partial charge in [0.05, 0.1) is 19.8 Å². The van der Waals surface area contributed by atoms with Crippen molar-refractivity contribution in [2.45, 2.75) is 44.4 Å². The first-order valence-electron chi connectivity index (χ1n) is 10.4. The van der Waals surface area contributed by atoms with Gasteiger partial charge < -0.3 is 30.3 Å². The Morgan fingerprint density at radius 3 is 2.55 bits per heavy atom. The van der Waals surface area contributed by atoms with Crippen LogP contribution in [0.2, 0.25) is 0 Å². The molecule has 3 aliphatic heterocycles. The molecule has 0 saturated carbocycles. The fourth-order valence-corrected chi connectivity index (χ4v) is 4.19. The zero-order valence-corrected chi connectivity index (χ0v) is 17.3. The number of carbonyl (C=O) groups is 3. The number of hydrogen-bond acceptors (Lipinski definition) is 7. The number of carbonyl (C=O) groups excluding carboxylic acids is 3. The van der Waals surface area contributed by atoms with Crippen molar-refractivity contribution < 1.29 is 23.9 Å². The number of ether oxygens (including phenoxy) is 2. The van der Waals surface area contributed by atoms with Crippen molar-refractivity contribution in [3.05, 3.63) is 0 Å². The van der Waals surface area contributed by atoms with Gasteiger partial charge in [-0.2, -0.15) is 0 Å². The van der Waals surface area contributed by atoms with E-state index >= 15 is 0 Å². The first-order valence-corrected chi connectivity index (χ1v) is 10.4. The summed E-state index contributed by atoms with van der Waals surface area (Å²) in [6, 6.07) is -1.54. The average Bonchev–Trinajstić information content (AvgIpc) is 3.09. The Hall–Kier alpha value is -1.75. The topological polar surface area (TPSA) is 117 Å². The highest BCUT2D eigenvalue weighted by molar-refractivity contribution is 5.93. The number of nitrogens with two attached hydrogens (primary N) is 1. The first kappa shape index (κ1) is 21.9. The highest BCUT2D eigenvalue weighted by Crippen LogP contribution is 2.22. The van der Waals surface area contributed by atoms with E-state index in [9.17, 15) is 14.4 Å². The Kier molecular flexibility index (Phi) is 7.44. The quantitative estimate of drug-likeness (QED) is 0.512. The minimum Gasteiger partial charge on any atom is -0.377 e. The van der Waals surface area contributed by atoms with E-state index in [1.165, 1.54) is 0 Å². The molecule has 0 aliphatic carbocycles. The third kappa shape index (κ3) is 5.06. The molecule has 3 fully saturated rings. The lowest BCUT2D eigenvalue weighted by Crippen LogP contribution is -2.64. The van der Waals surface area contributed by atoms with Crippen LogP contribution in [0.4, 0.5) is 0 Å². The largest absolute Gasteiger partial charge is 0.377 e. The zero-order chi connectivity index (χ0) is 21.0. The van der Waals surface area contributed by atoms with E-state index in [4.69, 9.17) is 15.2 Å². The lowest BCUT2D eigenvalue weighted by molar-refractivity contribution is -0.154. The number of hydrogen-bond donors (Lipinski definition) is 2. The third-order valence-electron chi connectivity index (χ3n) is 5.89. The molecule has 3 amide bonds. The van der Waals surface area contributed by atoms with Crippen LogP contribution in [0.15, 0.2) is 0 Å². The normalized spacial score (nSPS) is 31.2. The van der Waals surface area contributed by atoms with Gasteiger partial charge in [-0.15, -0.1) is 0 Å². The summed E-state index contributed by atoms with van der Waals surface area (Å²) >= 11 is 0. The molecule has 10 heteroatoms. The number of fused-ring (bicyclic) bond motifs is 2. The maximum Gasteiger partial charge on any atom is 0.249 e. The van der Waals surface area contributed by atoms with Crippen molar-refractivity contribution in [1.82, 2.24) is 20.0 Å². The fourth-order valence-electron chi connectivity index (χ4n) is 4.19. The van der Waals surface area contributed by atoms with Crippen molar-refractivity contribution in [3.8, 4) is 0 Å². The monoisotopic (exact) mass is 411 g/mol. The van der Waals surface area contributed by atoms with E-state index < -0.39 is 18.1 Å². The van der Waals surface area contributed by atoms with Gasteiger partial charge in [-0.1, -0.05) is 0 Å². The molecule has 0 aromatic heterocycles. The highest BCUT2D eigenvalue weighted by Gasteiger charge is 2.45. The molecular formula is C19H33N5O5. The van der Waals surface area contributed by atoms with Crippen LogP contribution in [0.3, 0.4) is 0 Å². The summed E-state index contributed by atoms with van der Waals surface area (Å²) in [7, 11) is 0. The molecule has 0 bridgehead atoms. The minimum absolute atomic E-state index is 0.0884. The summed E-state index contributed by atoms with van der Waals surface area (Å²) in [5.41, 5.74) is 6.18. The smallest absolute Gasteiger partial charge is 0.249 e. The van der Waals surface area contributed by atoms with Gasteiger partial charge in [0.2, 0.25) is 17.7 Å². The van der Waals surface area contributed by atoms with E-state index in [1.54, 1.807) is 9.80 Å². The Morgan fingerprint density at radius 2 is 1.79 bits per heavy atom. The molecule has 3 N–H and O–H groups in total. The first-order chi connectivity index (χ1) is 13.9. The summed E-state index contributed by atoms with van der Waals surface area (Å²) in [6.07, 6.45) is 0.554. The number of nitrogens with zero attached hydrogens (tertiary/aromatic N) is 3. The zero-order valence-electron chi connectivity index (χ0n) is 17.3. The van der Waals surface area contributed by atoms with Crippen molar-refractivity contribution in [1.29, 1.82) is 0 Å². The number of piperazine rings is 1. The van der Waals surface area contributed by atoms with Crippen molar-refractivity contribution in [2.75, 3.05) is 59.2 Å². The Bertz CT molecular complexity index is 616. The van der Waals surface area contributed by atoms with Crippen LogP contribution in [0.1, 0.15) is 20.3 Å². The van der Waals surface area contributed by atoms with Crippen LogP contribution in [0.25, 0.3) is 0 Å². The Labute approximate surface area is 171 Å². The molecule has 10 nitrogen and oxygen atoms in total. The molecule has 0 aromatic rings. The molecule has 3 heterocycles. The molecule has 29 heavy (non-hydrogen) atoms. The standard InChI is InChI=1S/C19H33N5O5/c1-13(2)22-6-7-23-15(11-22)19(27)24-5-3-14(20)17(24)18(26)21-4-8-28-9-10-29-12-16(23)25/h13-15,17H,3-12,20H2,1-2H3,(H,21,26)/t14-,15+,17+/m1/s1. The summed E-state index contributed by atoms with van der Waals surface area (Å²) in [6.45, 7) is 7.32. The summed E-state index contributed by atoms with van der Waals surface area (Å²) in [5.74, 6) is -0.707. The molecule has 0 aromatic carbocycles. The molecule has 0 unspecified atom stereocenters. The predicted octanol–water partition coefficient (Wildman–Crippen LogP) is -2.00. The van der Waals surface area contributed by atoms with E-state index in [0.717, 1.165) is 0 Å². The maximum absolute atomic E-state index is 13.5. The summed E-state index contributed by atoms with van der Waals surface area (Å²) in [4.78, 5) is 44.4. The molecule has 3 atom stereocenters. The van der Waals surface area contributed by atoms with Crippen molar-refractivity contribution >= 4 is 17.7 Å². The lowest BCUT2D eigenvalue weighted by Gasteiger charge is -2.44. The van der Waals surface area contributed by atoms with Gasteiger partial charge in [0.1, 0.15) is 18.7 Å². The van der Waals surface area contributed by atoms with Crippen LogP contribution in [0.5, 0.6) is 0 Å². The molecule has 0 radical (unpaired) electrons. The Morgan fingerprint density at radius 1 is 1.03 bits per heavy atom. The van der Waals surface area contributed by atoms with E-state index in [-0.39, 0.29) is 37.0 Å². The number of nitrogens with one attached hydrogen (secondary N) is 1. The maximum atomic E-state index is 13.5. The van der Waals surface area contributed by atoms with Crippen molar-refractivity contribution in [3.63, 3.8) is 0 Å². The molecule has 164 valence electrons. The van der Waals surface area contributed by atoms with Crippen molar-refractivity contribution in [2.24, 2.45) is 5.73 Å². The number of rotatable bonds is 1. The van der Waals surface area contributed by atoms with E-state index in [1.807, 2.05) is 0 Å². The van der Waals surface area contributed by atoms with Crippen LogP contribution in [-0.2, 0) is 23.9 Å². The second-order valence-electron chi connectivity index (χ2n) is 8.08. The van der Waals surface area contributed by atoms with E-state index in [2.05, 4.69) is 24.1 Å². The van der Waals surface area contributed by atoms with Gasteiger partial charge in [-0.05, 0) is 20.3 Å². The van der Waals surface area contributed by atoms with Gasteiger partial charge >= 0.3 is 0 Å². The van der Waals surface area contributed by atoms with Gasteiger partial charge in [-0.25, -0.2) is 0 Å².